The van der Waals surface area contributed by atoms with Crippen LogP contribution in [0.3, 0.4) is 0 Å². The van der Waals surface area contributed by atoms with Crippen molar-refractivity contribution in [2.45, 2.75) is 6.92 Å². The van der Waals surface area contributed by atoms with Gasteiger partial charge in [-0.05, 0) is 19.1 Å². The maximum Gasteiger partial charge on any atom is 0.285 e. The van der Waals surface area contributed by atoms with Gasteiger partial charge < -0.3 is 0 Å². The first kappa shape index (κ1) is 10.6. The fraction of sp³-hybridized carbons (Fsp3) is 0.167. The number of benzene rings is 1. The number of imide groups is 1. The van der Waals surface area contributed by atoms with E-state index in [4.69, 9.17) is 4.84 Å². The molecule has 0 spiro atoms. The third-order valence-corrected chi connectivity index (χ3v) is 2.20. The molecule has 1 aromatic rings. The predicted octanol–water partition coefficient (Wildman–Crippen LogP) is 1.79. The molecule has 1 aromatic carbocycles. The van der Waals surface area contributed by atoms with Gasteiger partial charge in [0.05, 0.1) is 17.7 Å². The molecule has 0 aromatic heterocycles. The summed E-state index contributed by atoms with van der Waals surface area (Å²) in [6.45, 7) is 5.56. The summed E-state index contributed by atoms with van der Waals surface area (Å²) in [5, 5.41) is 0.791. The second-order valence-electron chi connectivity index (χ2n) is 3.68. The van der Waals surface area contributed by atoms with Gasteiger partial charge in [0.1, 0.15) is 0 Å². The predicted molar refractivity (Wildman–Crippen MR) is 57.7 cm³/mol. The number of hydrogen-bond donors (Lipinski definition) is 0. The Morgan fingerprint density at radius 2 is 1.75 bits per heavy atom. The van der Waals surface area contributed by atoms with Crippen molar-refractivity contribution in [1.82, 2.24) is 5.06 Å². The van der Waals surface area contributed by atoms with Gasteiger partial charge in [0.2, 0.25) is 0 Å². The fourth-order valence-corrected chi connectivity index (χ4v) is 1.46. The molecule has 0 N–H and O–H groups in total. The summed E-state index contributed by atoms with van der Waals surface area (Å²) in [4.78, 5) is 28.6. The molecule has 2 rings (SSSR count). The Morgan fingerprint density at radius 3 is 2.19 bits per heavy atom. The van der Waals surface area contributed by atoms with Crippen molar-refractivity contribution in [3.63, 3.8) is 0 Å². The van der Waals surface area contributed by atoms with Crippen LogP contribution in [0.25, 0.3) is 0 Å². The summed E-state index contributed by atoms with van der Waals surface area (Å²) in [5.74, 6) is -0.830. The van der Waals surface area contributed by atoms with E-state index in [1.54, 1.807) is 31.2 Å². The average Bonchev–Trinajstić information content (AvgIpc) is 2.50. The smallest absolute Gasteiger partial charge is 0.266 e. The number of rotatable bonds is 3. The van der Waals surface area contributed by atoms with E-state index in [0.717, 1.165) is 10.6 Å². The van der Waals surface area contributed by atoms with Crippen LogP contribution >= 0.6 is 0 Å². The third kappa shape index (κ3) is 1.63. The third-order valence-electron chi connectivity index (χ3n) is 2.20. The topological polar surface area (TPSA) is 46.6 Å². The summed E-state index contributed by atoms with van der Waals surface area (Å²) in [6.07, 6.45) is 0. The molecule has 0 fully saturated rings. The molecular weight excluding hydrogens is 206 g/mol. The van der Waals surface area contributed by atoms with E-state index in [9.17, 15) is 9.59 Å². The SMILES string of the molecule is C=C(C)CON1C(=O)c2ccccc2C1=O. The molecule has 0 bridgehead atoms. The lowest BCUT2D eigenvalue weighted by Crippen LogP contribution is -2.30. The van der Waals surface area contributed by atoms with Gasteiger partial charge >= 0.3 is 0 Å². The first-order valence-corrected chi connectivity index (χ1v) is 4.86. The molecule has 0 saturated heterocycles. The van der Waals surface area contributed by atoms with E-state index in [-0.39, 0.29) is 6.61 Å². The van der Waals surface area contributed by atoms with Crippen LogP contribution in [0.15, 0.2) is 36.4 Å². The summed E-state index contributed by atoms with van der Waals surface area (Å²) < 4.78 is 0. The summed E-state index contributed by atoms with van der Waals surface area (Å²) in [5.41, 5.74) is 1.51. The molecule has 82 valence electrons. The maximum absolute atomic E-state index is 11.8. The molecule has 1 aliphatic heterocycles. The number of hydroxylamine groups is 2. The number of hydrogen-bond acceptors (Lipinski definition) is 3. The summed E-state index contributed by atoms with van der Waals surface area (Å²) >= 11 is 0. The highest BCUT2D eigenvalue weighted by Gasteiger charge is 2.36. The first-order chi connectivity index (χ1) is 7.61. The summed E-state index contributed by atoms with van der Waals surface area (Å²) in [6, 6.07) is 6.65. The van der Waals surface area contributed by atoms with Gasteiger partial charge in [0.15, 0.2) is 0 Å². The molecule has 0 unspecified atom stereocenters. The fourth-order valence-electron chi connectivity index (χ4n) is 1.46. The minimum atomic E-state index is -0.415. The van der Waals surface area contributed by atoms with Crippen LogP contribution in [-0.2, 0) is 4.84 Å². The van der Waals surface area contributed by atoms with Crippen LogP contribution in [0.2, 0.25) is 0 Å². The number of carbonyl (C=O) groups is 2. The lowest BCUT2D eigenvalue weighted by atomic mass is 10.1. The quantitative estimate of drug-likeness (QED) is 0.572. The monoisotopic (exact) mass is 217 g/mol. The Balaban J connectivity index is 2.25. The van der Waals surface area contributed by atoms with Gasteiger partial charge in [0, 0.05) is 0 Å². The highest BCUT2D eigenvalue weighted by atomic mass is 16.7. The largest absolute Gasteiger partial charge is 0.285 e. The second kappa shape index (κ2) is 3.90. The number of nitrogens with zero attached hydrogens (tertiary/aromatic N) is 1. The molecule has 1 aliphatic rings. The minimum absolute atomic E-state index is 0.158. The molecular formula is C12H11NO3. The normalized spacial score (nSPS) is 14.2. The van der Waals surface area contributed by atoms with Gasteiger partial charge in [-0.1, -0.05) is 24.3 Å². The van der Waals surface area contributed by atoms with Crippen LogP contribution in [0.1, 0.15) is 27.6 Å². The van der Waals surface area contributed by atoms with Crippen LogP contribution in [0.4, 0.5) is 0 Å². The van der Waals surface area contributed by atoms with Crippen molar-refractivity contribution in [3.8, 4) is 0 Å². The molecule has 1 heterocycles. The highest BCUT2D eigenvalue weighted by molar-refractivity contribution is 6.20. The molecule has 4 nitrogen and oxygen atoms in total. The highest BCUT2D eigenvalue weighted by Crippen LogP contribution is 2.22. The second-order valence-corrected chi connectivity index (χ2v) is 3.68. The van der Waals surface area contributed by atoms with E-state index in [0.29, 0.717) is 11.1 Å². The minimum Gasteiger partial charge on any atom is -0.266 e. The van der Waals surface area contributed by atoms with Gasteiger partial charge in [0.25, 0.3) is 11.8 Å². The Bertz CT molecular complexity index is 444. The van der Waals surface area contributed by atoms with E-state index in [1.807, 2.05) is 0 Å². The van der Waals surface area contributed by atoms with E-state index >= 15 is 0 Å². The van der Waals surface area contributed by atoms with Crippen molar-refractivity contribution in [1.29, 1.82) is 0 Å². The molecule has 2 amide bonds. The van der Waals surface area contributed by atoms with Crippen LogP contribution in [-0.4, -0.2) is 23.5 Å². The lowest BCUT2D eigenvalue weighted by Gasteiger charge is -2.12. The molecule has 16 heavy (non-hydrogen) atoms. The molecule has 4 heteroatoms. The van der Waals surface area contributed by atoms with Gasteiger partial charge in [-0.3, -0.25) is 14.4 Å². The van der Waals surface area contributed by atoms with Crippen molar-refractivity contribution in [2.75, 3.05) is 6.61 Å². The van der Waals surface area contributed by atoms with Gasteiger partial charge in [-0.15, -0.1) is 5.06 Å². The Hall–Kier alpha value is -1.94. The zero-order valence-corrected chi connectivity index (χ0v) is 8.90. The average molecular weight is 217 g/mol. The van der Waals surface area contributed by atoms with Crippen LogP contribution in [0.5, 0.6) is 0 Å². The number of amides is 2. The standard InChI is InChI=1S/C12H11NO3/c1-8(2)7-16-13-11(14)9-5-3-4-6-10(9)12(13)15/h3-6H,1,7H2,2H3. The van der Waals surface area contributed by atoms with Crippen molar-refractivity contribution < 1.29 is 14.4 Å². The molecule has 0 saturated carbocycles. The Morgan fingerprint density at radius 1 is 1.25 bits per heavy atom. The van der Waals surface area contributed by atoms with Crippen LogP contribution < -0.4 is 0 Å². The molecule has 0 aliphatic carbocycles. The maximum atomic E-state index is 11.8. The van der Waals surface area contributed by atoms with E-state index in [1.165, 1.54) is 0 Å². The van der Waals surface area contributed by atoms with Gasteiger partial charge in [-0.25, -0.2) is 0 Å². The Labute approximate surface area is 93.1 Å². The zero-order chi connectivity index (χ0) is 11.7. The first-order valence-electron chi connectivity index (χ1n) is 4.86. The molecule has 0 atom stereocenters. The van der Waals surface area contributed by atoms with E-state index in [2.05, 4.69) is 6.58 Å². The summed E-state index contributed by atoms with van der Waals surface area (Å²) in [7, 11) is 0. The van der Waals surface area contributed by atoms with E-state index < -0.39 is 11.8 Å². The lowest BCUT2D eigenvalue weighted by molar-refractivity contribution is -0.0823. The zero-order valence-electron chi connectivity index (χ0n) is 8.90. The van der Waals surface area contributed by atoms with Crippen molar-refractivity contribution in [3.05, 3.63) is 47.5 Å². The number of fused-ring (bicyclic) bond motifs is 1. The number of carbonyl (C=O) groups excluding carboxylic acids is 2. The van der Waals surface area contributed by atoms with Crippen molar-refractivity contribution in [2.24, 2.45) is 0 Å². The van der Waals surface area contributed by atoms with Crippen molar-refractivity contribution >= 4 is 11.8 Å². The Kier molecular flexibility index (Phi) is 2.58. The molecule has 0 radical (unpaired) electrons. The van der Waals surface area contributed by atoms with Gasteiger partial charge in [-0.2, -0.15) is 0 Å². The van der Waals surface area contributed by atoms with Crippen LogP contribution in [0, 0.1) is 0 Å².